The van der Waals surface area contributed by atoms with Crippen molar-refractivity contribution in [3.05, 3.63) is 52.5 Å². The second kappa shape index (κ2) is 7.66. The van der Waals surface area contributed by atoms with Crippen molar-refractivity contribution >= 4 is 23.2 Å². The molecular formula is C19H21ClN2O3. The number of nitrogens with one attached hydrogen (secondary N) is 1. The lowest BCUT2D eigenvalue weighted by molar-refractivity contribution is -0.130. The van der Waals surface area contributed by atoms with E-state index in [0.717, 1.165) is 13.0 Å². The monoisotopic (exact) mass is 360 g/mol. The van der Waals surface area contributed by atoms with Gasteiger partial charge in [-0.1, -0.05) is 35.9 Å². The summed E-state index contributed by atoms with van der Waals surface area (Å²) in [4.78, 5) is 14.4. The normalized spacial score (nSPS) is 13.2. The average molecular weight is 361 g/mol. The summed E-state index contributed by atoms with van der Waals surface area (Å²) in [6.45, 7) is 1.56. The number of amides is 1. The summed E-state index contributed by atoms with van der Waals surface area (Å²) in [5.74, 6) is 1.16. The fraction of sp³-hybridized carbons (Fsp3) is 0.316. The summed E-state index contributed by atoms with van der Waals surface area (Å²) in [5, 5.41) is 3.58. The molecule has 1 heterocycles. The van der Waals surface area contributed by atoms with Crippen LogP contribution in [0.3, 0.4) is 0 Å². The van der Waals surface area contributed by atoms with Crippen LogP contribution in [0, 0.1) is 0 Å². The first-order valence-electron chi connectivity index (χ1n) is 8.12. The summed E-state index contributed by atoms with van der Waals surface area (Å²) in [7, 11) is 3.12. The van der Waals surface area contributed by atoms with Crippen molar-refractivity contribution in [2.24, 2.45) is 0 Å². The number of nitrogens with zero attached hydrogens (tertiary/aromatic N) is 1. The maximum Gasteiger partial charge on any atom is 0.242 e. The van der Waals surface area contributed by atoms with Crippen LogP contribution in [0.1, 0.15) is 11.1 Å². The number of fused-ring (bicyclic) bond motifs is 1. The third-order valence-electron chi connectivity index (χ3n) is 4.39. The van der Waals surface area contributed by atoms with Gasteiger partial charge in [0.15, 0.2) is 11.5 Å². The molecule has 0 atom stereocenters. The molecule has 0 radical (unpaired) electrons. The Morgan fingerprint density at radius 2 is 1.84 bits per heavy atom. The SMILES string of the molecule is COc1cc(Cl)c(NCC(=O)N2CCc3ccccc3C2)cc1OC. The number of hydrogen-bond acceptors (Lipinski definition) is 4. The van der Waals surface area contributed by atoms with E-state index in [1.807, 2.05) is 17.0 Å². The molecule has 0 fully saturated rings. The number of halogens is 1. The first kappa shape index (κ1) is 17.4. The Balaban J connectivity index is 1.65. The van der Waals surface area contributed by atoms with Crippen molar-refractivity contribution in [2.45, 2.75) is 13.0 Å². The van der Waals surface area contributed by atoms with Gasteiger partial charge in [0.1, 0.15) is 0 Å². The molecule has 0 saturated carbocycles. The zero-order valence-corrected chi connectivity index (χ0v) is 15.1. The maximum absolute atomic E-state index is 12.5. The second-order valence-corrected chi connectivity index (χ2v) is 6.28. The topological polar surface area (TPSA) is 50.8 Å². The van der Waals surface area contributed by atoms with Gasteiger partial charge < -0.3 is 19.7 Å². The second-order valence-electron chi connectivity index (χ2n) is 5.87. The molecule has 6 heteroatoms. The highest BCUT2D eigenvalue weighted by Crippen LogP contribution is 2.35. The fourth-order valence-corrected chi connectivity index (χ4v) is 3.20. The number of carbonyl (C=O) groups excluding carboxylic acids is 1. The number of methoxy groups -OCH3 is 2. The summed E-state index contributed by atoms with van der Waals surface area (Å²) >= 11 is 6.25. The van der Waals surface area contributed by atoms with Crippen LogP contribution in [0.5, 0.6) is 11.5 Å². The number of rotatable bonds is 5. The minimum atomic E-state index is 0.0420. The van der Waals surface area contributed by atoms with Gasteiger partial charge in [0.2, 0.25) is 5.91 Å². The minimum Gasteiger partial charge on any atom is -0.493 e. The highest BCUT2D eigenvalue weighted by Gasteiger charge is 2.20. The van der Waals surface area contributed by atoms with Gasteiger partial charge in [0.05, 0.1) is 31.5 Å². The molecule has 1 amide bonds. The van der Waals surface area contributed by atoms with E-state index < -0.39 is 0 Å². The Morgan fingerprint density at radius 1 is 1.16 bits per heavy atom. The molecule has 1 aliphatic rings. The number of hydrogen-bond donors (Lipinski definition) is 1. The fourth-order valence-electron chi connectivity index (χ4n) is 2.98. The van der Waals surface area contributed by atoms with Crippen molar-refractivity contribution in [3.8, 4) is 11.5 Å². The van der Waals surface area contributed by atoms with Gasteiger partial charge in [0.25, 0.3) is 0 Å². The van der Waals surface area contributed by atoms with Crippen LogP contribution in [0.15, 0.2) is 36.4 Å². The standard InChI is InChI=1S/C19H21ClN2O3/c1-24-17-9-15(20)16(10-18(17)25-2)21-11-19(23)22-8-7-13-5-3-4-6-14(13)12-22/h3-6,9-10,21H,7-8,11-12H2,1-2H3. The Hall–Kier alpha value is -2.40. The van der Waals surface area contributed by atoms with Crippen LogP contribution < -0.4 is 14.8 Å². The zero-order valence-electron chi connectivity index (χ0n) is 14.3. The first-order valence-corrected chi connectivity index (χ1v) is 8.50. The third-order valence-corrected chi connectivity index (χ3v) is 4.70. The molecule has 5 nitrogen and oxygen atoms in total. The molecule has 2 aromatic rings. The third kappa shape index (κ3) is 3.82. The predicted octanol–water partition coefficient (Wildman–Crippen LogP) is 3.35. The smallest absolute Gasteiger partial charge is 0.242 e. The van der Waals surface area contributed by atoms with Crippen molar-refractivity contribution < 1.29 is 14.3 Å². The lowest BCUT2D eigenvalue weighted by Gasteiger charge is -2.29. The maximum atomic E-state index is 12.5. The molecule has 0 aliphatic carbocycles. The van der Waals surface area contributed by atoms with Crippen molar-refractivity contribution in [3.63, 3.8) is 0 Å². The van der Waals surface area contributed by atoms with E-state index >= 15 is 0 Å². The van der Waals surface area contributed by atoms with Gasteiger partial charge in [-0.3, -0.25) is 4.79 Å². The van der Waals surface area contributed by atoms with Gasteiger partial charge in [-0.15, -0.1) is 0 Å². The van der Waals surface area contributed by atoms with Crippen molar-refractivity contribution in [1.29, 1.82) is 0 Å². The van der Waals surface area contributed by atoms with Gasteiger partial charge >= 0.3 is 0 Å². The molecule has 0 aromatic heterocycles. The van der Waals surface area contributed by atoms with Crippen LogP contribution in [-0.2, 0) is 17.8 Å². The molecule has 132 valence electrons. The van der Waals surface area contributed by atoms with Gasteiger partial charge in [-0.25, -0.2) is 0 Å². The first-order chi connectivity index (χ1) is 12.1. The number of ether oxygens (including phenoxy) is 2. The number of anilines is 1. The van der Waals surface area contributed by atoms with E-state index in [4.69, 9.17) is 21.1 Å². The van der Waals surface area contributed by atoms with E-state index in [1.54, 1.807) is 26.4 Å². The van der Waals surface area contributed by atoms with E-state index in [2.05, 4.69) is 17.4 Å². The molecule has 0 saturated heterocycles. The molecule has 1 aliphatic heterocycles. The Labute approximate surface area is 152 Å². The van der Waals surface area contributed by atoms with Crippen LogP contribution >= 0.6 is 11.6 Å². The largest absolute Gasteiger partial charge is 0.493 e. The average Bonchev–Trinajstić information content (AvgIpc) is 2.66. The lowest BCUT2D eigenvalue weighted by atomic mass is 10.00. The predicted molar refractivity (Wildman–Crippen MR) is 98.6 cm³/mol. The molecule has 1 N–H and O–H groups in total. The van der Waals surface area contributed by atoms with Crippen LogP contribution in [0.2, 0.25) is 5.02 Å². The molecule has 2 aromatic carbocycles. The highest BCUT2D eigenvalue weighted by atomic mass is 35.5. The summed E-state index contributed by atoms with van der Waals surface area (Å²) in [6, 6.07) is 11.7. The van der Waals surface area contributed by atoms with E-state index in [9.17, 15) is 4.79 Å². The van der Waals surface area contributed by atoms with E-state index in [-0.39, 0.29) is 12.5 Å². The Kier molecular flexibility index (Phi) is 5.34. The number of carbonyl (C=O) groups is 1. The van der Waals surface area contributed by atoms with Crippen LogP contribution in [-0.4, -0.2) is 38.1 Å². The molecular weight excluding hydrogens is 340 g/mol. The quantitative estimate of drug-likeness (QED) is 0.888. The van der Waals surface area contributed by atoms with E-state index in [1.165, 1.54) is 11.1 Å². The molecule has 3 rings (SSSR count). The molecule has 0 bridgehead atoms. The molecule has 0 unspecified atom stereocenters. The minimum absolute atomic E-state index is 0.0420. The Bertz CT molecular complexity index is 779. The number of benzene rings is 2. The zero-order chi connectivity index (χ0) is 17.8. The van der Waals surface area contributed by atoms with Gasteiger partial charge in [-0.2, -0.15) is 0 Å². The lowest BCUT2D eigenvalue weighted by Crippen LogP contribution is -2.39. The van der Waals surface area contributed by atoms with E-state index in [0.29, 0.717) is 28.8 Å². The van der Waals surface area contributed by atoms with Gasteiger partial charge in [-0.05, 0) is 17.5 Å². The Morgan fingerprint density at radius 3 is 2.56 bits per heavy atom. The van der Waals surface area contributed by atoms with Crippen molar-refractivity contribution in [2.75, 3.05) is 32.6 Å². The molecule has 0 spiro atoms. The highest BCUT2D eigenvalue weighted by molar-refractivity contribution is 6.33. The molecule has 25 heavy (non-hydrogen) atoms. The summed E-state index contributed by atoms with van der Waals surface area (Å²) in [5.41, 5.74) is 3.18. The summed E-state index contributed by atoms with van der Waals surface area (Å²) < 4.78 is 10.5. The summed E-state index contributed by atoms with van der Waals surface area (Å²) in [6.07, 6.45) is 0.888. The van der Waals surface area contributed by atoms with Crippen LogP contribution in [0.4, 0.5) is 5.69 Å². The van der Waals surface area contributed by atoms with Gasteiger partial charge in [0, 0.05) is 25.2 Å². The van der Waals surface area contributed by atoms with Crippen molar-refractivity contribution in [1.82, 2.24) is 4.90 Å². The van der Waals surface area contributed by atoms with Crippen LogP contribution in [0.25, 0.3) is 0 Å².